The van der Waals surface area contributed by atoms with Crippen molar-refractivity contribution in [3.63, 3.8) is 0 Å². The summed E-state index contributed by atoms with van der Waals surface area (Å²) in [5, 5.41) is 0.848. The molecule has 0 saturated heterocycles. The molecule has 1 fully saturated rings. The number of aryl methyl sites for hydroxylation is 1. The standard InChI is InChI=1S/C10H15N3S/c1-7-4-5-12-10(13-7)14-6-9(11)8-2-3-8/h4-5,8-9H,2-3,6,11H2,1H3. The number of nitrogens with zero attached hydrogens (tertiary/aromatic N) is 2. The zero-order valence-corrected chi connectivity index (χ0v) is 9.13. The summed E-state index contributed by atoms with van der Waals surface area (Å²) in [5.74, 6) is 1.70. The summed E-state index contributed by atoms with van der Waals surface area (Å²) in [6.07, 6.45) is 4.40. The summed E-state index contributed by atoms with van der Waals surface area (Å²) in [6.45, 7) is 1.98. The van der Waals surface area contributed by atoms with Gasteiger partial charge in [0.05, 0.1) is 0 Å². The minimum Gasteiger partial charge on any atom is -0.327 e. The van der Waals surface area contributed by atoms with Crippen molar-refractivity contribution in [3.05, 3.63) is 18.0 Å². The van der Waals surface area contributed by atoms with E-state index >= 15 is 0 Å². The van der Waals surface area contributed by atoms with E-state index in [-0.39, 0.29) is 0 Å². The largest absolute Gasteiger partial charge is 0.327 e. The molecule has 1 aliphatic rings. The van der Waals surface area contributed by atoms with Crippen LogP contribution >= 0.6 is 11.8 Å². The van der Waals surface area contributed by atoms with Crippen molar-refractivity contribution < 1.29 is 0 Å². The van der Waals surface area contributed by atoms with Gasteiger partial charge in [0.25, 0.3) is 0 Å². The molecule has 14 heavy (non-hydrogen) atoms. The first-order valence-electron chi connectivity index (χ1n) is 4.94. The van der Waals surface area contributed by atoms with Crippen molar-refractivity contribution in [1.29, 1.82) is 0 Å². The van der Waals surface area contributed by atoms with Crippen LogP contribution in [0.3, 0.4) is 0 Å². The van der Waals surface area contributed by atoms with Crippen LogP contribution in [-0.2, 0) is 0 Å². The minimum atomic E-state index is 0.323. The van der Waals surface area contributed by atoms with E-state index in [0.29, 0.717) is 6.04 Å². The lowest BCUT2D eigenvalue weighted by Gasteiger charge is -2.08. The second-order valence-electron chi connectivity index (χ2n) is 3.79. The van der Waals surface area contributed by atoms with Crippen molar-refractivity contribution in [2.45, 2.75) is 31.0 Å². The maximum absolute atomic E-state index is 5.99. The summed E-state index contributed by atoms with van der Waals surface area (Å²) < 4.78 is 0. The predicted octanol–water partition coefficient (Wildman–Crippen LogP) is 1.61. The van der Waals surface area contributed by atoms with Gasteiger partial charge in [-0.3, -0.25) is 0 Å². The van der Waals surface area contributed by atoms with Gasteiger partial charge < -0.3 is 5.73 Å². The first kappa shape index (κ1) is 9.93. The maximum atomic E-state index is 5.99. The average molecular weight is 209 g/mol. The summed E-state index contributed by atoms with van der Waals surface area (Å²) >= 11 is 1.66. The molecular weight excluding hydrogens is 194 g/mol. The van der Waals surface area contributed by atoms with Gasteiger partial charge in [-0.05, 0) is 31.7 Å². The van der Waals surface area contributed by atoms with E-state index in [0.717, 1.165) is 22.5 Å². The molecule has 2 rings (SSSR count). The third kappa shape index (κ3) is 2.69. The molecule has 0 radical (unpaired) electrons. The fourth-order valence-corrected chi connectivity index (χ4v) is 2.28. The fraction of sp³-hybridized carbons (Fsp3) is 0.600. The SMILES string of the molecule is Cc1ccnc(SCC(N)C2CC2)n1. The molecule has 0 aromatic carbocycles. The highest BCUT2D eigenvalue weighted by Crippen LogP contribution is 2.33. The van der Waals surface area contributed by atoms with Gasteiger partial charge in [-0.25, -0.2) is 9.97 Å². The molecule has 1 aromatic rings. The normalized spacial score (nSPS) is 18.1. The summed E-state index contributed by atoms with van der Waals surface area (Å²) in [6, 6.07) is 2.23. The van der Waals surface area contributed by atoms with Crippen LogP contribution in [0.25, 0.3) is 0 Å². The van der Waals surface area contributed by atoms with Gasteiger partial charge in [0.2, 0.25) is 0 Å². The van der Waals surface area contributed by atoms with E-state index in [1.165, 1.54) is 12.8 Å². The second-order valence-corrected chi connectivity index (χ2v) is 4.78. The predicted molar refractivity (Wildman–Crippen MR) is 58.2 cm³/mol. The molecule has 1 saturated carbocycles. The topological polar surface area (TPSA) is 51.8 Å². The number of thioether (sulfide) groups is 1. The van der Waals surface area contributed by atoms with Gasteiger partial charge in [0.1, 0.15) is 0 Å². The van der Waals surface area contributed by atoms with Crippen LogP contribution in [0.1, 0.15) is 18.5 Å². The Bertz CT molecular complexity index is 312. The third-order valence-corrected chi connectivity index (χ3v) is 3.41. The van der Waals surface area contributed by atoms with Gasteiger partial charge in [-0.2, -0.15) is 0 Å². The monoisotopic (exact) mass is 209 g/mol. The minimum absolute atomic E-state index is 0.323. The zero-order valence-electron chi connectivity index (χ0n) is 8.31. The molecule has 0 aliphatic heterocycles. The van der Waals surface area contributed by atoms with E-state index in [1.807, 2.05) is 13.0 Å². The number of rotatable bonds is 4. The van der Waals surface area contributed by atoms with Crippen LogP contribution in [0, 0.1) is 12.8 Å². The Labute approximate surface area is 88.5 Å². The second kappa shape index (κ2) is 4.28. The lowest BCUT2D eigenvalue weighted by molar-refractivity contribution is 0.658. The van der Waals surface area contributed by atoms with Crippen molar-refractivity contribution in [2.75, 3.05) is 5.75 Å². The van der Waals surface area contributed by atoms with Crippen LogP contribution < -0.4 is 5.73 Å². The molecule has 0 amide bonds. The molecule has 1 unspecified atom stereocenters. The first-order chi connectivity index (χ1) is 6.75. The smallest absolute Gasteiger partial charge is 0.187 e. The summed E-state index contributed by atoms with van der Waals surface area (Å²) in [5.41, 5.74) is 7.00. The Kier molecular flexibility index (Phi) is 3.03. The molecule has 2 N–H and O–H groups in total. The van der Waals surface area contributed by atoms with Crippen LogP contribution in [0.5, 0.6) is 0 Å². The van der Waals surface area contributed by atoms with Crippen LogP contribution in [-0.4, -0.2) is 21.8 Å². The highest BCUT2D eigenvalue weighted by molar-refractivity contribution is 7.99. The molecule has 4 heteroatoms. The van der Waals surface area contributed by atoms with E-state index < -0.39 is 0 Å². The van der Waals surface area contributed by atoms with Crippen molar-refractivity contribution in [1.82, 2.24) is 9.97 Å². The van der Waals surface area contributed by atoms with Gasteiger partial charge >= 0.3 is 0 Å². The first-order valence-corrected chi connectivity index (χ1v) is 5.92. The highest BCUT2D eigenvalue weighted by Gasteiger charge is 2.28. The Hall–Kier alpha value is -0.610. The molecule has 1 aromatic heterocycles. The molecule has 0 spiro atoms. The molecule has 76 valence electrons. The van der Waals surface area contributed by atoms with Crippen LogP contribution in [0.4, 0.5) is 0 Å². The highest BCUT2D eigenvalue weighted by atomic mass is 32.2. The number of aromatic nitrogens is 2. The lowest BCUT2D eigenvalue weighted by Crippen LogP contribution is -2.25. The van der Waals surface area contributed by atoms with Crippen molar-refractivity contribution >= 4 is 11.8 Å². The molecule has 1 aliphatic carbocycles. The Balaban J connectivity index is 1.84. The Morgan fingerprint density at radius 1 is 1.64 bits per heavy atom. The third-order valence-electron chi connectivity index (χ3n) is 2.41. The summed E-state index contributed by atoms with van der Waals surface area (Å²) in [7, 11) is 0. The lowest BCUT2D eigenvalue weighted by atomic mass is 10.2. The van der Waals surface area contributed by atoms with E-state index in [2.05, 4.69) is 9.97 Å². The van der Waals surface area contributed by atoms with E-state index in [9.17, 15) is 0 Å². The maximum Gasteiger partial charge on any atom is 0.187 e. The molecular formula is C10H15N3S. The molecule has 3 nitrogen and oxygen atoms in total. The van der Waals surface area contributed by atoms with Gasteiger partial charge in [0.15, 0.2) is 5.16 Å². The van der Waals surface area contributed by atoms with Crippen LogP contribution in [0.15, 0.2) is 17.4 Å². The average Bonchev–Trinajstić information content (AvgIpc) is 2.97. The number of hydrogen-bond acceptors (Lipinski definition) is 4. The molecule has 1 atom stereocenters. The van der Waals surface area contributed by atoms with Crippen molar-refractivity contribution in [3.8, 4) is 0 Å². The fourth-order valence-electron chi connectivity index (χ4n) is 1.33. The van der Waals surface area contributed by atoms with Crippen molar-refractivity contribution in [2.24, 2.45) is 11.7 Å². The summed E-state index contributed by atoms with van der Waals surface area (Å²) in [4.78, 5) is 8.51. The van der Waals surface area contributed by atoms with E-state index in [1.54, 1.807) is 18.0 Å². The molecule has 1 heterocycles. The van der Waals surface area contributed by atoms with Gasteiger partial charge in [-0.1, -0.05) is 11.8 Å². The van der Waals surface area contributed by atoms with Gasteiger partial charge in [0, 0.05) is 23.7 Å². The quantitative estimate of drug-likeness (QED) is 0.604. The number of hydrogen-bond donors (Lipinski definition) is 1. The zero-order chi connectivity index (χ0) is 9.97. The molecule has 0 bridgehead atoms. The van der Waals surface area contributed by atoms with E-state index in [4.69, 9.17) is 5.73 Å². The number of nitrogens with two attached hydrogens (primary N) is 1. The van der Waals surface area contributed by atoms with Crippen LogP contribution in [0.2, 0.25) is 0 Å². The van der Waals surface area contributed by atoms with Gasteiger partial charge in [-0.15, -0.1) is 0 Å². The Morgan fingerprint density at radius 2 is 2.43 bits per heavy atom. The Morgan fingerprint density at radius 3 is 3.07 bits per heavy atom.